The number of benzene rings is 1. The first-order valence-electron chi connectivity index (χ1n) is 7.66. The van der Waals surface area contributed by atoms with Crippen molar-refractivity contribution >= 4 is 52.0 Å². The Morgan fingerprint density at radius 3 is 2.52 bits per heavy atom. The standard InChI is InChI=1S/C16H16Cl3N3O2S/c1-9-20-10(8-25-9)7-21-2-4-22(5-3-21)16(24)13-14(19)11(17)6-12(18)15(13)23/h6,8,23H,2-5,7H2,1H3. The van der Waals surface area contributed by atoms with Crippen molar-refractivity contribution in [3.05, 3.63) is 42.8 Å². The molecule has 0 spiro atoms. The lowest BCUT2D eigenvalue weighted by Crippen LogP contribution is -2.48. The normalized spacial score (nSPS) is 15.6. The summed E-state index contributed by atoms with van der Waals surface area (Å²) in [6.07, 6.45) is 0. The summed E-state index contributed by atoms with van der Waals surface area (Å²) in [4.78, 5) is 21.1. The molecule has 1 aromatic heterocycles. The van der Waals surface area contributed by atoms with Gasteiger partial charge in [-0.3, -0.25) is 9.69 Å². The van der Waals surface area contributed by atoms with Crippen molar-refractivity contribution in [2.45, 2.75) is 13.5 Å². The van der Waals surface area contributed by atoms with E-state index in [-0.39, 0.29) is 32.3 Å². The largest absolute Gasteiger partial charge is 0.505 e. The van der Waals surface area contributed by atoms with Gasteiger partial charge in [-0.25, -0.2) is 4.98 Å². The van der Waals surface area contributed by atoms with E-state index in [9.17, 15) is 9.90 Å². The van der Waals surface area contributed by atoms with Gasteiger partial charge in [-0.2, -0.15) is 0 Å². The van der Waals surface area contributed by atoms with Crippen LogP contribution in [0.5, 0.6) is 5.75 Å². The number of phenols is 1. The van der Waals surface area contributed by atoms with Gasteiger partial charge in [0.15, 0.2) is 0 Å². The van der Waals surface area contributed by atoms with Gasteiger partial charge in [0.2, 0.25) is 0 Å². The predicted octanol–water partition coefficient (Wildman–Crippen LogP) is 4.08. The Balaban J connectivity index is 1.68. The second-order valence-electron chi connectivity index (χ2n) is 5.80. The van der Waals surface area contributed by atoms with Crippen molar-refractivity contribution in [3.63, 3.8) is 0 Å². The van der Waals surface area contributed by atoms with Crippen molar-refractivity contribution in [2.75, 3.05) is 26.2 Å². The van der Waals surface area contributed by atoms with Gasteiger partial charge in [0.1, 0.15) is 11.3 Å². The minimum atomic E-state index is -0.365. The summed E-state index contributed by atoms with van der Waals surface area (Å²) in [5.41, 5.74) is 1.01. The number of aromatic hydroxyl groups is 1. The zero-order chi connectivity index (χ0) is 18.1. The maximum absolute atomic E-state index is 12.7. The van der Waals surface area contributed by atoms with E-state index in [4.69, 9.17) is 34.8 Å². The number of phenolic OH excluding ortho intramolecular Hbond substituents is 1. The fourth-order valence-electron chi connectivity index (χ4n) is 2.76. The molecular weight excluding hydrogens is 405 g/mol. The molecule has 0 saturated carbocycles. The molecule has 1 saturated heterocycles. The topological polar surface area (TPSA) is 56.7 Å². The lowest BCUT2D eigenvalue weighted by atomic mass is 10.1. The summed E-state index contributed by atoms with van der Waals surface area (Å²) in [6, 6.07) is 1.32. The van der Waals surface area contributed by atoms with E-state index < -0.39 is 0 Å². The first kappa shape index (κ1) is 18.7. The third-order valence-corrected chi connectivity index (χ3v) is 5.97. The van der Waals surface area contributed by atoms with Crippen molar-refractivity contribution in [2.24, 2.45) is 0 Å². The number of amides is 1. The van der Waals surface area contributed by atoms with Crippen LogP contribution >= 0.6 is 46.1 Å². The smallest absolute Gasteiger partial charge is 0.259 e. The van der Waals surface area contributed by atoms with Gasteiger partial charge < -0.3 is 10.0 Å². The Morgan fingerprint density at radius 1 is 1.24 bits per heavy atom. The van der Waals surface area contributed by atoms with Crippen molar-refractivity contribution in [3.8, 4) is 5.75 Å². The molecule has 134 valence electrons. The highest BCUT2D eigenvalue weighted by molar-refractivity contribution is 7.09. The monoisotopic (exact) mass is 419 g/mol. The highest BCUT2D eigenvalue weighted by atomic mass is 35.5. The molecule has 1 amide bonds. The lowest BCUT2D eigenvalue weighted by molar-refractivity contribution is 0.0624. The van der Waals surface area contributed by atoms with Crippen molar-refractivity contribution in [1.82, 2.24) is 14.8 Å². The first-order valence-corrected chi connectivity index (χ1v) is 9.67. The molecule has 2 aromatic rings. The number of thiazole rings is 1. The predicted molar refractivity (Wildman–Crippen MR) is 101 cm³/mol. The molecule has 0 unspecified atom stereocenters. The van der Waals surface area contributed by atoms with Gasteiger partial charge in [0.05, 0.1) is 25.8 Å². The highest BCUT2D eigenvalue weighted by Crippen LogP contribution is 2.39. The average Bonchev–Trinajstić information content (AvgIpc) is 2.99. The third-order valence-electron chi connectivity index (χ3n) is 4.07. The first-order chi connectivity index (χ1) is 11.9. The van der Waals surface area contributed by atoms with Crippen LogP contribution in [0.1, 0.15) is 21.1 Å². The second kappa shape index (κ2) is 7.68. The van der Waals surface area contributed by atoms with Crippen LogP contribution in [0.4, 0.5) is 0 Å². The number of hydrogen-bond donors (Lipinski definition) is 1. The average molecular weight is 421 g/mol. The van der Waals surface area contributed by atoms with Crippen LogP contribution in [-0.2, 0) is 6.54 Å². The molecule has 0 radical (unpaired) electrons. The number of aryl methyl sites for hydroxylation is 1. The van der Waals surface area contributed by atoms with E-state index in [1.807, 2.05) is 6.92 Å². The molecule has 0 bridgehead atoms. The number of carbonyl (C=O) groups is 1. The van der Waals surface area contributed by atoms with Crippen LogP contribution in [0.2, 0.25) is 15.1 Å². The minimum Gasteiger partial charge on any atom is -0.505 e. The molecule has 2 heterocycles. The van der Waals surface area contributed by atoms with Gasteiger partial charge >= 0.3 is 0 Å². The van der Waals surface area contributed by atoms with Crippen LogP contribution in [0, 0.1) is 6.92 Å². The van der Waals surface area contributed by atoms with E-state index in [2.05, 4.69) is 15.3 Å². The van der Waals surface area contributed by atoms with Gasteiger partial charge in [0.25, 0.3) is 5.91 Å². The third kappa shape index (κ3) is 4.04. The summed E-state index contributed by atoms with van der Waals surface area (Å²) in [6.45, 7) is 5.24. The number of carbonyl (C=O) groups excluding carboxylic acids is 1. The Kier molecular flexibility index (Phi) is 5.75. The van der Waals surface area contributed by atoms with Crippen LogP contribution < -0.4 is 0 Å². The van der Waals surface area contributed by atoms with Gasteiger partial charge in [-0.15, -0.1) is 11.3 Å². The summed E-state index contributed by atoms with van der Waals surface area (Å²) in [7, 11) is 0. The van der Waals surface area contributed by atoms with Gasteiger partial charge in [-0.05, 0) is 13.0 Å². The molecule has 1 N–H and O–H groups in total. The van der Waals surface area contributed by atoms with E-state index in [1.165, 1.54) is 6.07 Å². The number of piperazine rings is 1. The summed E-state index contributed by atoms with van der Waals surface area (Å²) in [5.74, 6) is -0.697. The zero-order valence-electron chi connectivity index (χ0n) is 13.4. The molecule has 0 atom stereocenters. The molecule has 1 aliphatic heterocycles. The van der Waals surface area contributed by atoms with Gasteiger partial charge in [-0.1, -0.05) is 34.8 Å². The lowest BCUT2D eigenvalue weighted by Gasteiger charge is -2.34. The molecular formula is C16H16Cl3N3O2S. The molecule has 9 heteroatoms. The van der Waals surface area contributed by atoms with E-state index in [0.29, 0.717) is 13.1 Å². The SMILES string of the molecule is Cc1nc(CN2CCN(C(=O)c3c(O)c(Cl)cc(Cl)c3Cl)CC2)cs1. The fraction of sp³-hybridized carbons (Fsp3) is 0.375. The second-order valence-corrected chi connectivity index (χ2v) is 8.06. The summed E-state index contributed by atoms with van der Waals surface area (Å²) >= 11 is 19.6. The van der Waals surface area contributed by atoms with Crippen molar-refractivity contribution in [1.29, 1.82) is 0 Å². The Labute approximate surface area is 164 Å². The molecule has 0 aliphatic carbocycles. The van der Waals surface area contributed by atoms with Crippen LogP contribution in [0.3, 0.4) is 0 Å². The Bertz CT molecular complexity index is 778. The van der Waals surface area contributed by atoms with Crippen LogP contribution in [-0.4, -0.2) is 52.0 Å². The minimum absolute atomic E-state index is 0.00953. The molecule has 1 fully saturated rings. The molecule has 25 heavy (non-hydrogen) atoms. The number of aromatic nitrogens is 1. The Morgan fingerprint density at radius 2 is 1.92 bits per heavy atom. The molecule has 1 aromatic carbocycles. The highest BCUT2D eigenvalue weighted by Gasteiger charge is 2.28. The van der Waals surface area contributed by atoms with Crippen molar-refractivity contribution < 1.29 is 9.90 Å². The fourth-order valence-corrected chi connectivity index (χ4v) is 4.05. The number of halogens is 3. The van der Waals surface area contributed by atoms with E-state index in [0.717, 1.165) is 30.3 Å². The van der Waals surface area contributed by atoms with E-state index >= 15 is 0 Å². The molecule has 5 nitrogen and oxygen atoms in total. The van der Waals surface area contributed by atoms with Crippen LogP contribution in [0.15, 0.2) is 11.4 Å². The Hall–Kier alpha value is -1.05. The number of nitrogens with zero attached hydrogens (tertiary/aromatic N) is 3. The zero-order valence-corrected chi connectivity index (χ0v) is 16.5. The quantitative estimate of drug-likeness (QED) is 0.760. The van der Waals surface area contributed by atoms with E-state index in [1.54, 1.807) is 16.2 Å². The summed E-state index contributed by atoms with van der Waals surface area (Å²) in [5, 5.41) is 13.4. The molecule has 1 aliphatic rings. The maximum atomic E-state index is 12.7. The molecule has 3 rings (SSSR count). The van der Waals surface area contributed by atoms with Gasteiger partial charge in [0, 0.05) is 38.1 Å². The van der Waals surface area contributed by atoms with Crippen LogP contribution in [0.25, 0.3) is 0 Å². The maximum Gasteiger partial charge on any atom is 0.259 e. The summed E-state index contributed by atoms with van der Waals surface area (Å²) < 4.78 is 0. The number of hydrogen-bond acceptors (Lipinski definition) is 5. The number of rotatable bonds is 3.